The van der Waals surface area contributed by atoms with Crippen molar-refractivity contribution in [2.75, 3.05) is 18.0 Å². The van der Waals surface area contributed by atoms with Crippen LogP contribution in [0.25, 0.3) is 0 Å². The van der Waals surface area contributed by atoms with Gasteiger partial charge in [-0.1, -0.05) is 6.92 Å². The summed E-state index contributed by atoms with van der Waals surface area (Å²) in [6.45, 7) is 3.73. The lowest BCUT2D eigenvalue weighted by atomic mass is 10.0. The fourth-order valence-corrected chi connectivity index (χ4v) is 1.97. The quantitative estimate of drug-likeness (QED) is 0.853. The molecule has 1 aliphatic heterocycles. The molecule has 1 unspecified atom stereocenters. The molecule has 2 heterocycles. The largest absolute Gasteiger partial charge is 0.481 e. The van der Waals surface area contributed by atoms with Crippen molar-refractivity contribution in [2.45, 2.75) is 26.2 Å². The number of anilines is 1. The summed E-state index contributed by atoms with van der Waals surface area (Å²) < 4.78 is 0. The molecule has 1 fully saturated rings. The van der Waals surface area contributed by atoms with Gasteiger partial charge < -0.3 is 10.0 Å². The van der Waals surface area contributed by atoms with E-state index >= 15 is 0 Å². The van der Waals surface area contributed by atoms with E-state index in [1.165, 1.54) is 12.8 Å². The van der Waals surface area contributed by atoms with E-state index in [4.69, 9.17) is 5.11 Å². The Morgan fingerprint density at radius 3 is 2.53 bits per heavy atom. The highest BCUT2D eigenvalue weighted by Crippen LogP contribution is 2.15. The van der Waals surface area contributed by atoms with E-state index in [1.54, 1.807) is 19.3 Å². The number of carboxylic acids is 1. The molecule has 1 aliphatic rings. The van der Waals surface area contributed by atoms with Crippen LogP contribution in [0.1, 0.15) is 25.3 Å². The minimum absolute atomic E-state index is 0.392. The van der Waals surface area contributed by atoms with Gasteiger partial charge in [0.05, 0.1) is 5.92 Å². The van der Waals surface area contributed by atoms with Crippen LogP contribution in [0.4, 0.5) is 5.95 Å². The first-order chi connectivity index (χ1) is 8.16. The van der Waals surface area contributed by atoms with Gasteiger partial charge in [0.25, 0.3) is 0 Å². The number of carboxylic acid groups (broad SMARTS) is 1. The molecular weight excluding hydrogens is 218 g/mol. The number of rotatable bonds is 4. The van der Waals surface area contributed by atoms with Crippen LogP contribution in [0, 0.1) is 5.92 Å². The zero-order valence-electron chi connectivity index (χ0n) is 9.96. The maximum absolute atomic E-state index is 10.7. The van der Waals surface area contributed by atoms with Gasteiger partial charge in [-0.15, -0.1) is 0 Å². The van der Waals surface area contributed by atoms with Gasteiger partial charge in [0, 0.05) is 25.5 Å². The molecule has 17 heavy (non-hydrogen) atoms. The number of hydrogen-bond donors (Lipinski definition) is 1. The van der Waals surface area contributed by atoms with Crippen LogP contribution in [0.2, 0.25) is 0 Å². The van der Waals surface area contributed by atoms with Crippen LogP contribution in [0.3, 0.4) is 0 Å². The summed E-state index contributed by atoms with van der Waals surface area (Å²) in [7, 11) is 0. The van der Waals surface area contributed by atoms with E-state index in [2.05, 4.69) is 14.9 Å². The number of aromatic nitrogens is 2. The molecule has 1 atom stereocenters. The third kappa shape index (κ3) is 2.93. The highest BCUT2D eigenvalue weighted by Gasteiger charge is 2.16. The molecule has 1 aromatic heterocycles. The SMILES string of the molecule is CC(Cc1cnc(N2CCCC2)nc1)C(=O)O. The maximum atomic E-state index is 10.7. The second-order valence-electron chi connectivity index (χ2n) is 4.53. The molecule has 1 N–H and O–H groups in total. The zero-order valence-corrected chi connectivity index (χ0v) is 9.96. The molecule has 0 saturated carbocycles. The lowest BCUT2D eigenvalue weighted by Crippen LogP contribution is -2.20. The first-order valence-corrected chi connectivity index (χ1v) is 5.95. The average molecular weight is 235 g/mol. The van der Waals surface area contributed by atoms with Crippen molar-refractivity contribution >= 4 is 11.9 Å². The molecule has 5 nitrogen and oxygen atoms in total. The molecule has 1 aromatic rings. The Balaban J connectivity index is 2.00. The Morgan fingerprint density at radius 2 is 2.00 bits per heavy atom. The van der Waals surface area contributed by atoms with Crippen LogP contribution in [0.15, 0.2) is 12.4 Å². The molecule has 0 amide bonds. The van der Waals surface area contributed by atoms with E-state index in [0.717, 1.165) is 24.6 Å². The molecule has 2 rings (SSSR count). The molecule has 0 spiro atoms. The summed E-state index contributed by atoms with van der Waals surface area (Å²) >= 11 is 0. The van der Waals surface area contributed by atoms with Crippen molar-refractivity contribution in [1.29, 1.82) is 0 Å². The molecule has 0 aromatic carbocycles. The van der Waals surface area contributed by atoms with Gasteiger partial charge >= 0.3 is 5.97 Å². The molecule has 0 radical (unpaired) electrons. The lowest BCUT2D eigenvalue weighted by Gasteiger charge is -2.14. The molecule has 0 aliphatic carbocycles. The molecule has 0 bridgehead atoms. The predicted octanol–water partition coefficient (Wildman–Crippen LogP) is 1.34. The Hall–Kier alpha value is -1.65. The van der Waals surface area contributed by atoms with E-state index in [1.807, 2.05) is 0 Å². The normalized spacial score (nSPS) is 17.1. The van der Waals surface area contributed by atoms with Crippen molar-refractivity contribution in [1.82, 2.24) is 9.97 Å². The fourth-order valence-electron chi connectivity index (χ4n) is 1.97. The van der Waals surface area contributed by atoms with E-state index in [9.17, 15) is 4.79 Å². The molecule has 1 saturated heterocycles. The van der Waals surface area contributed by atoms with Gasteiger partial charge in [-0.3, -0.25) is 4.79 Å². The van der Waals surface area contributed by atoms with E-state index in [0.29, 0.717) is 6.42 Å². The maximum Gasteiger partial charge on any atom is 0.306 e. The molecule has 5 heteroatoms. The number of nitrogens with zero attached hydrogens (tertiary/aromatic N) is 3. The minimum Gasteiger partial charge on any atom is -0.481 e. The number of aliphatic carboxylic acids is 1. The van der Waals surface area contributed by atoms with Crippen molar-refractivity contribution < 1.29 is 9.90 Å². The first-order valence-electron chi connectivity index (χ1n) is 5.95. The second-order valence-corrected chi connectivity index (χ2v) is 4.53. The Bertz CT molecular complexity index is 385. The third-order valence-corrected chi connectivity index (χ3v) is 3.04. The lowest BCUT2D eigenvalue weighted by molar-refractivity contribution is -0.141. The minimum atomic E-state index is -0.784. The van der Waals surface area contributed by atoms with Crippen LogP contribution in [0.5, 0.6) is 0 Å². The highest BCUT2D eigenvalue weighted by atomic mass is 16.4. The Kier molecular flexibility index (Phi) is 3.56. The predicted molar refractivity (Wildman–Crippen MR) is 64.0 cm³/mol. The van der Waals surface area contributed by atoms with Gasteiger partial charge in [-0.05, 0) is 24.8 Å². The van der Waals surface area contributed by atoms with Gasteiger partial charge in [-0.2, -0.15) is 0 Å². The molecular formula is C12H17N3O2. The van der Waals surface area contributed by atoms with Crippen molar-refractivity contribution in [3.63, 3.8) is 0 Å². The summed E-state index contributed by atoms with van der Waals surface area (Å²) in [6, 6.07) is 0. The first kappa shape index (κ1) is 11.8. The van der Waals surface area contributed by atoms with Crippen molar-refractivity contribution in [3.8, 4) is 0 Å². The topological polar surface area (TPSA) is 66.3 Å². The van der Waals surface area contributed by atoms with Crippen molar-refractivity contribution in [3.05, 3.63) is 18.0 Å². The fraction of sp³-hybridized carbons (Fsp3) is 0.583. The number of hydrogen-bond acceptors (Lipinski definition) is 4. The van der Waals surface area contributed by atoms with Crippen LogP contribution < -0.4 is 4.90 Å². The van der Waals surface area contributed by atoms with E-state index in [-0.39, 0.29) is 0 Å². The summed E-state index contributed by atoms with van der Waals surface area (Å²) in [5.41, 5.74) is 0.878. The Morgan fingerprint density at radius 1 is 1.41 bits per heavy atom. The Labute approximate surface area is 100 Å². The summed E-state index contributed by atoms with van der Waals surface area (Å²) in [6.07, 6.45) is 6.35. The van der Waals surface area contributed by atoms with Gasteiger partial charge in [0.2, 0.25) is 5.95 Å². The summed E-state index contributed by atoms with van der Waals surface area (Å²) in [5, 5.41) is 8.82. The average Bonchev–Trinajstić information content (AvgIpc) is 2.83. The monoisotopic (exact) mass is 235 g/mol. The van der Waals surface area contributed by atoms with Crippen molar-refractivity contribution in [2.24, 2.45) is 5.92 Å². The molecule has 92 valence electrons. The van der Waals surface area contributed by atoms with Gasteiger partial charge in [-0.25, -0.2) is 9.97 Å². The smallest absolute Gasteiger partial charge is 0.306 e. The highest BCUT2D eigenvalue weighted by molar-refractivity contribution is 5.69. The second kappa shape index (κ2) is 5.12. The third-order valence-electron chi connectivity index (χ3n) is 3.04. The van der Waals surface area contributed by atoms with Crippen LogP contribution in [-0.4, -0.2) is 34.1 Å². The summed E-state index contributed by atoms with van der Waals surface area (Å²) in [5.74, 6) is -0.418. The van der Waals surface area contributed by atoms with Crippen LogP contribution in [-0.2, 0) is 11.2 Å². The zero-order chi connectivity index (χ0) is 12.3. The van der Waals surface area contributed by atoms with E-state index < -0.39 is 11.9 Å². The van der Waals surface area contributed by atoms with Crippen LogP contribution >= 0.6 is 0 Å². The van der Waals surface area contributed by atoms with Gasteiger partial charge in [0.1, 0.15) is 0 Å². The van der Waals surface area contributed by atoms with Gasteiger partial charge in [0.15, 0.2) is 0 Å². The number of carbonyl (C=O) groups is 1. The summed E-state index contributed by atoms with van der Waals surface area (Å²) in [4.78, 5) is 21.5. The standard InChI is InChI=1S/C12H17N3O2/c1-9(11(16)17)6-10-7-13-12(14-8-10)15-4-2-3-5-15/h7-9H,2-6H2,1H3,(H,16,17).